The summed E-state index contributed by atoms with van der Waals surface area (Å²) in [5.41, 5.74) is 0.803. The molecule has 0 aromatic heterocycles. The molecule has 0 fully saturated rings. The van der Waals surface area contributed by atoms with E-state index in [0.29, 0.717) is 29.6 Å². The van der Waals surface area contributed by atoms with Gasteiger partial charge in [-0.1, -0.05) is 17.7 Å². The number of hydrogen-bond acceptors (Lipinski definition) is 3. The van der Waals surface area contributed by atoms with Crippen LogP contribution in [0.25, 0.3) is 0 Å². The van der Waals surface area contributed by atoms with Crippen LogP contribution in [0.1, 0.15) is 25.0 Å². The van der Waals surface area contributed by atoms with E-state index < -0.39 is 6.10 Å². The Morgan fingerprint density at radius 1 is 1.53 bits per heavy atom. The standard InChI is InChI=1S/C11H15ClO2S/c1-2-14-11-4-3-8(7-9(11)12)10(13)5-6-15/h3-4,7,10,13,15H,2,5-6H2,1H3. The molecule has 0 saturated heterocycles. The zero-order chi connectivity index (χ0) is 11.3. The quantitative estimate of drug-likeness (QED) is 0.782. The Kier molecular flexibility index (Phi) is 5.29. The van der Waals surface area contributed by atoms with Crippen molar-refractivity contribution in [2.75, 3.05) is 12.4 Å². The summed E-state index contributed by atoms with van der Waals surface area (Å²) in [6.45, 7) is 2.48. The van der Waals surface area contributed by atoms with Crippen LogP contribution in [-0.2, 0) is 0 Å². The maximum absolute atomic E-state index is 9.72. The molecule has 1 N–H and O–H groups in total. The molecule has 2 nitrogen and oxygen atoms in total. The van der Waals surface area contributed by atoms with E-state index in [1.54, 1.807) is 12.1 Å². The first-order valence-corrected chi connectivity index (χ1v) is 5.91. The summed E-state index contributed by atoms with van der Waals surface area (Å²) >= 11 is 10.1. The highest BCUT2D eigenvalue weighted by atomic mass is 35.5. The van der Waals surface area contributed by atoms with E-state index in [-0.39, 0.29) is 0 Å². The SMILES string of the molecule is CCOc1ccc(C(O)CCS)cc1Cl. The lowest BCUT2D eigenvalue weighted by Crippen LogP contribution is -1.99. The summed E-state index contributed by atoms with van der Waals surface area (Å²) in [5, 5.41) is 10.3. The second-order valence-electron chi connectivity index (χ2n) is 3.15. The van der Waals surface area contributed by atoms with E-state index >= 15 is 0 Å². The predicted octanol–water partition coefficient (Wildman–Crippen LogP) is 3.09. The number of halogens is 1. The molecule has 0 radical (unpaired) electrons. The van der Waals surface area contributed by atoms with Crippen molar-refractivity contribution in [1.29, 1.82) is 0 Å². The van der Waals surface area contributed by atoms with Gasteiger partial charge in [-0.2, -0.15) is 12.6 Å². The minimum Gasteiger partial charge on any atom is -0.492 e. The zero-order valence-electron chi connectivity index (χ0n) is 8.61. The average molecular weight is 247 g/mol. The molecular weight excluding hydrogens is 232 g/mol. The van der Waals surface area contributed by atoms with E-state index in [1.807, 2.05) is 13.0 Å². The Hall–Kier alpha value is -0.380. The minimum atomic E-state index is -0.504. The Morgan fingerprint density at radius 2 is 2.27 bits per heavy atom. The Morgan fingerprint density at radius 3 is 2.80 bits per heavy atom. The van der Waals surface area contributed by atoms with Crippen molar-refractivity contribution in [3.63, 3.8) is 0 Å². The van der Waals surface area contributed by atoms with Crippen molar-refractivity contribution in [1.82, 2.24) is 0 Å². The average Bonchev–Trinajstić information content (AvgIpc) is 2.21. The summed E-state index contributed by atoms with van der Waals surface area (Å²) in [7, 11) is 0. The van der Waals surface area contributed by atoms with Crippen molar-refractivity contribution in [3.05, 3.63) is 28.8 Å². The van der Waals surface area contributed by atoms with Gasteiger partial charge in [-0.25, -0.2) is 0 Å². The number of benzene rings is 1. The van der Waals surface area contributed by atoms with Crippen molar-refractivity contribution >= 4 is 24.2 Å². The molecule has 15 heavy (non-hydrogen) atoms. The first-order chi connectivity index (χ1) is 7.19. The van der Waals surface area contributed by atoms with Crippen molar-refractivity contribution in [3.8, 4) is 5.75 Å². The van der Waals surface area contributed by atoms with Crippen LogP contribution >= 0.6 is 24.2 Å². The van der Waals surface area contributed by atoms with Gasteiger partial charge in [0.15, 0.2) is 0 Å². The lowest BCUT2D eigenvalue weighted by Gasteiger charge is -2.12. The third-order valence-corrected chi connectivity index (χ3v) is 2.60. The molecule has 1 rings (SSSR count). The van der Waals surface area contributed by atoms with E-state index in [9.17, 15) is 5.11 Å². The van der Waals surface area contributed by atoms with Gasteiger partial charge in [-0.15, -0.1) is 0 Å². The Labute approximate surface area is 101 Å². The second kappa shape index (κ2) is 6.26. The molecule has 0 aliphatic carbocycles. The van der Waals surface area contributed by atoms with Crippen LogP contribution in [0.2, 0.25) is 5.02 Å². The molecule has 1 aromatic rings. The zero-order valence-corrected chi connectivity index (χ0v) is 10.3. The molecule has 0 bridgehead atoms. The third-order valence-electron chi connectivity index (χ3n) is 2.04. The molecule has 0 spiro atoms. The Balaban J connectivity index is 2.81. The normalized spacial score (nSPS) is 12.5. The topological polar surface area (TPSA) is 29.5 Å². The molecule has 1 unspecified atom stereocenters. The largest absolute Gasteiger partial charge is 0.492 e. The van der Waals surface area contributed by atoms with Crippen molar-refractivity contribution in [2.24, 2.45) is 0 Å². The van der Waals surface area contributed by atoms with Crippen LogP contribution in [0.5, 0.6) is 5.75 Å². The highest BCUT2D eigenvalue weighted by Crippen LogP contribution is 2.28. The fraction of sp³-hybridized carbons (Fsp3) is 0.455. The fourth-order valence-corrected chi connectivity index (χ4v) is 1.77. The summed E-state index contributed by atoms with van der Waals surface area (Å²) in [6, 6.07) is 5.34. The highest BCUT2D eigenvalue weighted by molar-refractivity contribution is 7.80. The predicted molar refractivity (Wildman–Crippen MR) is 66.1 cm³/mol. The van der Waals surface area contributed by atoms with Gasteiger partial charge < -0.3 is 9.84 Å². The van der Waals surface area contributed by atoms with E-state index in [0.717, 1.165) is 5.56 Å². The molecule has 1 atom stereocenters. The third kappa shape index (κ3) is 3.59. The molecule has 4 heteroatoms. The lowest BCUT2D eigenvalue weighted by molar-refractivity contribution is 0.175. The van der Waals surface area contributed by atoms with Crippen LogP contribution in [0.15, 0.2) is 18.2 Å². The molecule has 1 aromatic carbocycles. The summed E-state index contributed by atoms with van der Waals surface area (Å²) in [4.78, 5) is 0. The molecule has 0 heterocycles. The number of aliphatic hydroxyl groups is 1. The van der Waals surface area contributed by atoms with Crippen LogP contribution in [-0.4, -0.2) is 17.5 Å². The number of hydrogen-bond donors (Lipinski definition) is 2. The summed E-state index contributed by atoms with van der Waals surface area (Å²) in [5.74, 6) is 1.30. The van der Waals surface area contributed by atoms with E-state index in [1.165, 1.54) is 0 Å². The fourth-order valence-electron chi connectivity index (χ4n) is 1.29. The first kappa shape index (κ1) is 12.7. The van der Waals surface area contributed by atoms with Gasteiger partial charge in [-0.3, -0.25) is 0 Å². The van der Waals surface area contributed by atoms with Gasteiger partial charge in [0.1, 0.15) is 5.75 Å². The number of thiol groups is 1. The molecule has 0 saturated carbocycles. The van der Waals surface area contributed by atoms with Crippen LogP contribution < -0.4 is 4.74 Å². The van der Waals surface area contributed by atoms with Crippen molar-refractivity contribution < 1.29 is 9.84 Å². The van der Waals surface area contributed by atoms with Gasteiger partial charge in [0.2, 0.25) is 0 Å². The molecule has 84 valence electrons. The highest BCUT2D eigenvalue weighted by Gasteiger charge is 2.09. The maximum Gasteiger partial charge on any atom is 0.137 e. The van der Waals surface area contributed by atoms with Gasteiger partial charge in [0.25, 0.3) is 0 Å². The van der Waals surface area contributed by atoms with Crippen molar-refractivity contribution in [2.45, 2.75) is 19.4 Å². The molecular formula is C11H15ClO2S. The Bertz CT molecular complexity index is 317. The monoisotopic (exact) mass is 246 g/mol. The van der Waals surface area contributed by atoms with Gasteiger partial charge >= 0.3 is 0 Å². The second-order valence-corrected chi connectivity index (χ2v) is 4.01. The van der Waals surface area contributed by atoms with E-state index in [2.05, 4.69) is 12.6 Å². The number of rotatable bonds is 5. The maximum atomic E-state index is 9.72. The molecule has 0 amide bonds. The van der Waals surface area contributed by atoms with Gasteiger partial charge in [0, 0.05) is 0 Å². The number of aliphatic hydroxyl groups excluding tert-OH is 1. The summed E-state index contributed by atoms with van der Waals surface area (Å²) in [6.07, 6.45) is 0.114. The van der Waals surface area contributed by atoms with Gasteiger partial charge in [0.05, 0.1) is 17.7 Å². The van der Waals surface area contributed by atoms with Crippen LogP contribution in [0, 0.1) is 0 Å². The summed E-state index contributed by atoms with van der Waals surface area (Å²) < 4.78 is 5.30. The van der Waals surface area contributed by atoms with Crippen LogP contribution in [0.4, 0.5) is 0 Å². The first-order valence-electron chi connectivity index (χ1n) is 4.90. The van der Waals surface area contributed by atoms with Crippen LogP contribution in [0.3, 0.4) is 0 Å². The lowest BCUT2D eigenvalue weighted by atomic mass is 10.1. The number of ether oxygens (including phenoxy) is 1. The smallest absolute Gasteiger partial charge is 0.137 e. The molecule has 0 aliphatic rings. The van der Waals surface area contributed by atoms with E-state index in [4.69, 9.17) is 16.3 Å². The minimum absolute atomic E-state index is 0.504. The van der Waals surface area contributed by atoms with Gasteiger partial charge in [-0.05, 0) is 36.8 Å². The molecule has 0 aliphatic heterocycles.